The van der Waals surface area contributed by atoms with E-state index in [9.17, 15) is 4.79 Å². The Labute approximate surface area is 160 Å². The van der Waals surface area contributed by atoms with Gasteiger partial charge in [-0.15, -0.1) is 0 Å². The van der Waals surface area contributed by atoms with Crippen molar-refractivity contribution in [2.75, 3.05) is 23.4 Å². The average molecular weight is 386 g/mol. The first-order chi connectivity index (χ1) is 12.7. The van der Waals surface area contributed by atoms with E-state index in [1.807, 2.05) is 61.5 Å². The largest absolute Gasteiger partial charge is 0.492 e. The van der Waals surface area contributed by atoms with Crippen molar-refractivity contribution in [3.63, 3.8) is 0 Å². The van der Waals surface area contributed by atoms with Crippen LogP contribution in [0, 0.1) is 0 Å². The van der Waals surface area contributed by atoms with Gasteiger partial charge >= 0.3 is 0 Å². The summed E-state index contributed by atoms with van der Waals surface area (Å²) >= 11 is 2.76. The number of carbonyl (C=O) groups is 1. The lowest BCUT2D eigenvalue weighted by Gasteiger charge is -2.10. The number of rotatable bonds is 7. The maximum absolute atomic E-state index is 12.3. The smallest absolute Gasteiger partial charge is 0.234 e. The van der Waals surface area contributed by atoms with E-state index in [1.54, 1.807) is 0 Å². The number of nitrogen functional groups attached to an aromatic ring is 1. The fraction of sp³-hybridized carbons (Fsp3) is 0.158. The minimum absolute atomic E-state index is 0.114. The lowest BCUT2D eigenvalue weighted by Crippen LogP contribution is -2.14. The van der Waals surface area contributed by atoms with Crippen molar-refractivity contribution in [3.8, 4) is 17.0 Å². The molecule has 0 aliphatic heterocycles. The Hall–Kier alpha value is -2.51. The summed E-state index contributed by atoms with van der Waals surface area (Å²) in [4.78, 5) is 16.8. The minimum Gasteiger partial charge on any atom is -0.492 e. The van der Waals surface area contributed by atoms with Crippen molar-refractivity contribution in [1.29, 1.82) is 0 Å². The number of hydrogen-bond donors (Lipinski definition) is 2. The van der Waals surface area contributed by atoms with Crippen molar-refractivity contribution >= 4 is 39.7 Å². The molecular formula is C19H19N3O2S2. The van der Waals surface area contributed by atoms with Gasteiger partial charge in [-0.05, 0) is 19.1 Å². The van der Waals surface area contributed by atoms with Gasteiger partial charge in [-0.25, -0.2) is 4.98 Å². The lowest BCUT2D eigenvalue weighted by molar-refractivity contribution is -0.113. The zero-order valence-electron chi connectivity index (χ0n) is 14.3. The molecule has 0 aliphatic rings. The number of thioether (sulfide) groups is 1. The number of nitrogens with two attached hydrogens (primary N) is 1. The molecule has 0 bridgehead atoms. The SMILES string of the molecule is CCOc1ccccc1NC(=O)CSc1nc(-c2ccccc2)c(N)s1. The Bertz CT molecular complexity index is 882. The quantitative estimate of drug-likeness (QED) is 0.585. The van der Waals surface area contributed by atoms with Crippen molar-refractivity contribution in [1.82, 2.24) is 4.98 Å². The molecule has 3 aromatic rings. The van der Waals surface area contributed by atoms with Crippen molar-refractivity contribution in [3.05, 3.63) is 54.6 Å². The summed E-state index contributed by atoms with van der Waals surface area (Å²) in [6, 6.07) is 17.2. The van der Waals surface area contributed by atoms with E-state index >= 15 is 0 Å². The molecule has 0 radical (unpaired) electrons. The molecule has 0 saturated carbocycles. The predicted molar refractivity (Wildman–Crippen MR) is 109 cm³/mol. The third-order valence-electron chi connectivity index (χ3n) is 3.47. The van der Waals surface area contributed by atoms with Crippen molar-refractivity contribution in [2.24, 2.45) is 0 Å². The van der Waals surface area contributed by atoms with Gasteiger partial charge in [0.1, 0.15) is 16.4 Å². The first-order valence-corrected chi connectivity index (χ1v) is 9.93. The summed E-state index contributed by atoms with van der Waals surface area (Å²) in [5, 5.41) is 3.53. The fourth-order valence-corrected chi connectivity index (χ4v) is 4.09. The van der Waals surface area contributed by atoms with Gasteiger partial charge in [0.25, 0.3) is 0 Å². The van der Waals surface area contributed by atoms with Gasteiger partial charge in [-0.1, -0.05) is 65.6 Å². The summed E-state index contributed by atoms with van der Waals surface area (Å²) in [5.74, 6) is 0.803. The third kappa shape index (κ3) is 4.56. The number of anilines is 2. The molecule has 5 nitrogen and oxygen atoms in total. The van der Waals surface area contributed by atoms with Gasteiger partial charge in [-0.3, -0.25) is 4.79 Å². The number of benzene rings is 2. The second kappa shape index (κ2) is 8.73. The second-order valence-corrected chi connectivity index (χ2v) is 7.58. The van der Waals surface area contributed by atoms with Crippen LogP contribution in [-0.2, 0) is 4.79 Å². The van der Waals surface area contributed by atoms with Crippen LogP contribution in [0.25, 0.3) is 11.3 Å². The molecule has 26 heavy (non-hydrogen) atoms. The van der Waals surface area contributed by atoms with E-state index in [-0.39, 0.29) is 11.7 Å². The average Bonchev–Trinajstić information content (AvgIpc) is 3.03. The summed E-state index contributed by atoms with van der Waals surface area (Å²) < 4.78 is 6.29. The Morgan fingerprint density at radius 2 is 1.92 bits per heavy atom. The summed E-state index contributed by atoms with van der Waals surface area (Å²) in [6.07, 6.45) is 0. The molecule has 0 atom stereocenters. The molecular weight excluding hydrogens is 366 g/mol. The number of amides is 1. The first kappa shape index (κ1) is 18.3. The van der Waals surface area contributed by atoms with Crippen LogP contribution in [-0.4, -0.2) is 23.3 Å². The topological polar surface area (TPSA) is 77.2 Å². The van der Waals surface area contributed by atoms with Gasteiger partial charge in [-0.2, -0.15) is 0 Å². The molecule has 3 N–H and O–H groups in total. The molecule has 0 saturated heterocycles. The maximum atomic E-state index is 12.3. The van der Waals surface area contributed by atoms with Gasteiger partial charge < -0.3 is 15.8 Å². The van der Waals surface area contributed by atoms with Crippen LogP contribution in [0.4, 0.5) is 10.7 Å². The Morgan fingerprint density at radius 1 is 1.19 bits per heavy atom. The summed E-state index contributed by atoms with van der Waals surface area (Å²) in [6.45, 7) is 2.45. The minimum atomic E-state index is -0.114. The second-order valence-electron chi connectivity index (χ2n) is 5.32. The zero-order valence-corrected chi connectivity index (χ0v) is 15.9. The zero-order chi connectivity index (χ0) is 18.4. The van der Waals surface area contributed by atoms with Crippen LogP contribution in [0.3, 0.4) is 0 Å². The van der Waals surface area contributed by atoms with Crippen LogP contribution >= 0.6 is 23.1 Å². The summed E-state index contributed by atoms with van der Waals surface area (Å²) in [7, 11) is 0. The fourth-order valence-electron chi connectivity index (χ4n) is 2.34. The maximum Gasteiger partial charge on any atom is 0.234 e. The molecule has 134 valence electrons. The highest BCUT2D eigenvalue weighted by molar-refractivity contribution is 8.01. The molecule has 0 fully saturated rings. The van der Waals surface area contributed by atoms with E-state index in [1.165, 1.54) is 23.1 Å². The lowest BCUT2D eigenvalue weighted by atomic mass is 10.2. The van der Waals surface area contributed by atoms with Gasteiger partial charge in [0.05, 0.1) is 18.0 Å². The Balaban J connectivity index is 1.62. The number of para-hydroxylation sites is 2. The highest BCUT2D eigenvalue weighted by atomic mass is 32.2. The number of thiazole rings is 1. The number of nitrogens with zero attached hydrogens (tertiary/aromatic N) is 1. The number of nitrogens with one attached hydrogen (secondary N) is 1. The van der Waals surface area contributed by atoms with E-state index in [2.05, 4.69) is 10.3 Å². The number of carbonyl (C=O) groups excluding carboxylic acids is 1. The van der Waals surface area contributed by atoms with E-state index in [4.69, 9.17) is 10.5 Å². The monoisotopic (exact) mass is 385 g/mol. The highest BCUT2D eigenvalue weighted by Gasteiger charge is 2.13. The van der Waals surface area contributed by atoms with Crippen molar-refractivity contribution in [2.45, 2.75) is 11.3 Å². The normalized spacial score (nSPS) is 10.5. The molecule has 1 heterocycles. The van der Waals surface area contributed by atoms with Crippen LogP contribution in [0.15, 0.2) is 58.9 Å². The molecule has 0 unspecified atom stereocenters. The van der Waals surface area contributed by atoms with E-state index in [0.29, 0.717) is 23.0 Å². The van der Waals surface area contributed by atoms with E-state index in [0.717, 1.165) is 15.6 Å². The molecule has 7 heteroatoms. The molecule has 1 amide bonds. The summed E-state index contributed by atoms with van der Waals surface area (Å²) in [5.41, 5.74) is 8.49. The standard InChI is InChI=1S/C19H19N3O2S2/c1-2-24-15-11-7-6-10-14(15)21-16(23)12-25-19-22-17(18(20)26-19)13-8-4-3-5-9-13/h3-11H,2,12,20H2,1H3,(H,21,23). The third-order valence-corrected chi connectivity index (χ3v) is 5.50. The highest BCUT2D eigenvalue weighted by Crippen LogP contribution is 2.35. The van der Waals surface area contributed by atoms with Gasteiger partial charge in [0.15, 0.2) is 4.34 Å². The number of aromatic nitrogens is 1. The van der Waals surface area contributed by atoms with Crippen LogP contribution < -0.4 is 15.8 Å². The van der Waals surface area contributed by atoms with Crippen LogP contribution in [0.1, 0.15) is 6.92 Å². The predicted octanol–water partition coefficient (Wildman–Crippen LogP) is 4.52. The number of hydrogen-bond acceptors (Lipinski definition) is 6. The molecule has 2 aromatic carbocycles. The van der Waals surface area contributed by atoms with Gasteiger partial charge in [0, 0.05) is 5.56 Å². The van der Waals surface area contributed by atoms with Crippen molar-refractivity contribution < 1.29 is 9.53 Å². The Morgan fingerprint density at radius 3 is 2.69 bits per heavy atom. The number of ether oxygens (including phenoxy) is 1. The van der Waals surface area contributed by atoms with Crippen LogP contribution in [0.5, 0.6) is 5.75 Å². The molecule has 1 aromatic heterocycles. The Kier molecular flexibility index (Phi) is 6.14. The molecule has 0 aliphatic carbocycles. The molecule has 0 spiro atoms. The van der Waals surface area contributed by atoms with E-state index < -0.39 is 0 Å². The van der Waals surface area contributed by atoms with Crippen LogP contribution in [0.2, 0.25) is 0 Å². The first-order valence-electron chi connectivity index (χ1n) is 8.13. The molecule has 3 rings (SSSR count). The van der Waals surface area contributed by atoms with Gasteiger partial charge in [0.2, 0.25) is 5.91 Å².